The van der Waals surface area contributed by atoms with E-state index in [-0.39, 0.29) is 23.1 Å². The highest BCUT2D eigenvalue weighted by molar-refractivity contribution is 5.97. The van der Waals surface area contributed by atoms with E-state index in [1.165, 1.54) is 5.56 Å². The van der Waals surface area contributed by atoms with Crippen LogP contribution in [0.5, 0.6) is 5.75 Å². The van der Waals surface area contributed by atoms with Gasteiger partial charge in [0.1, 0.15) is 5.75 Å². The van der Waals surface area contributed by atoms with Crippen molar-refractivity contribution in [3.63, 3.8) is 0 Å². The highest BCUT2D eigenvalue weighted by Crippen LogP contribution is 2.34. The van der Waals surface area contributed by atoms with Crippen molar-refractivity contribution in [1.82, 2.24) is 4.90 Å². The first-order valence-electron chi connectivity index (χ1n) is 7.97. The van der Waals surface area contributed by atoms with E-state index < -0.39 is 0 Å². The fourth-order valence-corrected chi connectivity index (χ4v) is 3.17. The maximum absolute atomic E-state index is 12.6. The first-order chi connectivity index (χ1) is 10.8. The van der Waals surface area contributed by atoms with Crippen LogP contribution in [-0.2, 0) is 11.8 Å². The summed E-state index contributed by atoms with van der Waals surface area (Å²) in [5.41, 5.74) is 4.16. The standard InChI is InChI=1S/C20H23NO2/c1-20(2,3)15-8-5-13(6-9-15)18-11-14-7-10-16(22)12-17(14)19(23)21(18)4/h5-10,12,18,22H,11H2,1-4H3. The number of rotatable bonds is 1. The van der Waals surface area contributed by atoms with Gasteiger partial charge in [-0.2, -0.15) is 0 Å². The summed E-state index contributed by atoms with van der Waals surface area (Å²) in [4.78, 5) is 14.4. The largest absolute Gasteiger partial charge is 0.508 e. The van der Waals surface area contributed by atoms with Crippen LogP contribution in [0.15, 0.2) is 42.5 Å². The monoisotopic (exact) mass is 309 g/mol. The number of amides is 1. The average Bonchev–Trinajstić information content (AvgIpc) is 2.51. The van der Waals surface area contributed by atoms with Gasteiger partial charge >= 0.3 is 0 Å². The van der Waals surface area contributed by atoms with Crippen LogP contribution < -0.4 is 0 Å². The van der Waals surface area contributed by atoms with Crippen LogP contribution in [0.1, 0.15) is 53.9 Å². The van der Waals surface area contributed by atoms with E-state index in [9.17, 15) is 9.90 Å². The topological polar surface area (TPSA) is 40.5 Å². The summed E-state index contributed by atoms with van der Waals surface area (Å²) < 4.78 is 0. The zero-order valence-electron chi connectivity index (χ0n) is 14.1. The SMILES string of the molecule is CN1C(=O)c2cc(O)ccc2CC1c1ccc(C(C)(C)C)cc1. The second kappa shape index (κ2) is 5.41. The van der Waals surface area contributed by atoms with Gasteiger partial charge in [0.2, 0.25) is 0 Å². The summed E-state index contributed by atoms with van der Waals surface area (Å²) in [7, 11) is 1.83. The van der Waals surface area contributed by atoms with Gasteiger partial charge in [-0.1, -0.05) is 51.1 Å². The molecule has 0 aromatic heterocycles. The van der Waals surface area contributed by atoms with Gasteiger partial charge in [-0.3, -0.25) is 4.79 Å². The van der Waals surface area contributed by atoms with Gasteiger partial charge in [0.05, 0.1) is 6.04 Å². The molecule has 0 aliphatic carbocycles. The predicted molar refractivity (Wildman–Crippen MR) is 91.8 cm³/mol. The molecule has 0 bridgehead atoms. The Morgan fingerprint density at radius 1 is 1.09 bits per heavy atom. The number of hydrogen-bond acceptors (Lipinski definition) is 2. The number of carbonyl (C=O) groups excluding carboxylic acids is 1. The molecule has 1 aliphatic rings. The quantitative estimate of drug-likeness (QED) is 0.863. The third kappa shape index (κ3) is 2.83. The number of phenols is 1. The van der Waals surface area contributed by atoms with E-state index in [1.807, 2.05) is 13.1 Å². The minimum absolute atomic E-state index is 0.0351. The molecule has 0 fully saturated rings. The summed E-state index contributed by atoms with van der Waals surface area (Å²) in [6, 6.07) is 13.7. The first-order valence-corrected chi connectivity index (χ1v) is 7.97. The number of nitrogens with zero attached hydrogens (tertiary/aromatic N) is 1. The maximum atomic E-state index is 12.6. The van der Waals surface area contributed by atoms with Crippen LogP contribution >= 0.6 is 0 Å². The highest BCUT2D eigenvalue weighted by atomic mass is 16.3. The fraction of sp³-hybridized carbons (Fsp3) is 0.350. The van der Waals surface area contributed by atoms with Crippen molar-refractivity contribution >= 4 is 5.91 Å². The molecule has 1 N–H and O–H groups in total. The van der Waals surface area contributed by atoms with Gasteiger partial charge < -0.3 is 10.0 Å². The second-order valence-corrected chi connectivity index (χ2v) is 7.35. The lowest BCUT2D eigenvalue weighted by Gasteiger charge is -2.34. The summed E-state index contributed by atoms with van der Waals surface area (Å²) in [6.07, 6.45) is 0.771. The van der Waals surface area contributed by atoms with Crippen molar-refractivity contribution in [2.24, 2.45) is 0 Å². The summed E-state index contributed by atoms with van der Waals surface area (Å²) in [6.45, 7) is 6.59. The van der Waals surface area contributed by atoms with Crippen molar-refractivity contribution in [2.75, 3.05) is 7.05 Å². The molecule has 0 spiro atoms. The Balaban J connectivity index is 1.95. The third-order valence-electron chi connectivity index (χ3n) is 4.69. The summed E-state index contributed by atoms with van der Waals surface area (Å²) in [5, 5.41) is 9.61. The molecule has 2 aromatic rings. The van der Waals surface area contributed by atoms with Crippen LogP contribution in [0.25, 0.3) is 0 Å². The van der Waals surface area contributed by atoms with Crippen molar-refractivity contribution in [2.45, 2.75) is 38.6 Å². The average molecular weight is 309 g/mol. The zero-order valence-corrected chi connectivity index (χ0v) is 14.1. The molecule has 23 heavy (non-hydrogen) atoms. The number of phenolic OH excluding ortho intramolecular Hbond substituents is 1. The molecular formula is C20H23NO2. The summed E-state index contributed by atoms with van der Waals surface area (Å²) >= 11 is 0. The molecule has 1 unspecified atom stereocenters. The van der Waals surface area contributed by atoms with Crippen LogP contribution in [0.4, 0.5) is 0 Å². The van der Waals surface area contributed by atoms with Crippen LogP contribution in [0.3, 0.4) is 0 Å². The smallest absolute Gasteiger partial charge is 0.254 e. The van der Waals surface area contributed by atoms with Crippen LogP contribution in [-0.4, -0.2) is 23.0 Å². The van der Waals surface area contributed by atoms with Crippen molar-refractivity contribution < 1.29 is 9.90 Å². The molecule has 1 heterocycles. The molecule has 3 heteroatoms. The molecule has 1 aliphatic heterocycles. The molecule has 0 saturated carbocycles. The second-order valence-electron chi connectivity index (χ2n) is 7.35. The molecule has 0 radical (unpaired) electrons. The lowest BCUT2D eigenvalue weighted by atomic mass is 9.84. The van der Waals surface area contributed by atoms with Crippen LogP contribution in [0, 0.1) is 0 Å². The predicted octanol–water partition coefficient (Wildman–Crippen LogP) is 4.06. The van der Waals surface area contributed by atoms with E-state index in [0.717, 1.165) is 17.5 Å². The molecular weight excluding hydrogens is 286 g/mol. The van der Waals surface area contributed by atoms with Crippen molar-refractivity contribution in [3.05, 3.63) is 64.7 Å². The van der Waals surface area contributed by atoms with Gasteiger partial charge in [0.15, 0.2) is 0 Å². The Hall–Kier alpha value is -2.29. The van der Waals surface area contributed by atoms with Gasteiger partial charge in [0.25, 0.3) is 5.91 Å². The lowest BCUT2D eigenvalue weighted by Crippen LogP contribution is -2.37. The van der Waals surface area contributed by atoms with E-state index in [1.54, 1.807) is 17.0 Å². The normalized spacial score (nSPS) is 18.0. The summed E-state index contributed by atoms with van der Waals surface area (Å²) in [5.74, 6) is 0.102. The van der Waals surface area contributed by atoms with Gasteiger partial charge in [-0.25, -0.2) is 0 Å². The zero-order chi connectivity index (χ0) is 16.8. The number of hydrogen-bond donors (Lipinski definition) is 1. The first kappa shape index (κ1) is 15.6. The molecule has 1 atom stereocenters. The van der Waals surface area contributed by atoms with E-state index in [0.29, 0.717) is 5.56 Å². The number of carbonyl (C=O) groups is 1. The minimum Gasteiger partial charge on any atom is -0.508 e. The Labute approximate surface area is 137 Å². The number of likely N-dealkylation sites (N-methyl/N-ethyl adjacent to an activating group) is 1. The lowest BCUT2D eigenvalue weighted by molar-refractivity contribution is 0.0705. The number of aromatic hydroxyl groups is 1. The van der Waals surface area contributed by atoms with E-state index >= 15 is 0 Å². The Morgan fingerprint density at radius 3 is 2.35 bits per heavy atom. The molecule has 1 amide bonds. The molecule has 0 saturated heterocycles. The Morgan fingerprint density at radius 2 is 1.74 bits per heavy atom. The fourth-order valence-electron chi connectivity index (χ4n) is 3.17. The minimum atomic E-state index is -0.0351. The molecule has 3 rings (SSSR count). The number of benzene rings is 2. The van der Waals surface area contributed by atoms with E-state index in [2.05, 4.69) is 45.0 Å². The van der Waals surface area contributed by atoms with Gasteiger partial charge in [-0.05, 0) is 40.7 Å². The van der Waals surface area contributed by atoms with E-state index in [4.69, 9.17) is 0 Å². The van der Waals surface area contributed by atoms with Crippen molar-refractivity contribution in [1.29, 1.82) is 0 Å². The molecule has 2 aromatic carbocycles. The van der Waals surface area contributed by atoms with Crippen molar-refractivity contribution in [3.8, 4) is 5.75 Å². The molecule has 120 valence electrons. The maximum Gasteiger partial charge on any atom is 0.254 e. The Kier molecular flexibility index (Phi) is 3.67. The Bertz CT molecular complexity index is 741. The highest BCUT2D eigenvalue weighted by Gasteiger charge is 2.31. The molecule has 3 nitrogen and oxygen atoms in total. The number of fused-ring (bicyclic) bond motifs is 1. The van der Waals surface area contributed by atoms with Gasteiger partial charge in [0, 0.05) is 12.6 Å². The van der Waals surface area contributed by atoms with Crippen LogP contribution in [0.2, 0.25) is 0 Å². The van der Waals surface area contributed by atoms with Gasteiger partial charge in [-0.15, -0.1) is 0 Å². The third-order valence-corrected chi connectivity index (χ3v) is 4.69.